The average Bonchev–Trinajstić information content (AvgIpc) is 3.26. The minimum absolute atomic E-state index is 0.172. The van der Waals surface area contributed by atoms with Crippen LogP contribution >= 0.6 is 27.3 Å². The number of rotatable bonds is 2. The molecule has 0 saturated heterocycles. The third-order valence-corrected chi connectivity index (χ3v) is 6.12. The van der Waals surface area contributed by atoms with Crippen LogP contribution in [0.4, 0.5) is 10.2 Å². The Labute approximate surface area is 166 Å². The second-order valence-corrected chi connectivity index (χ2v) is 8.22. The van der Waals surface area contributed by atoms with E-state index in [1.807, 2.05) is 24.3 Å². The van der Waals surface area contributed by atoms with Gasteiger partial charge in [0.05, 0.1) is 16.4 Å². The fraction of sp³-hybridized carbons (Fsp3) is 0.105. The number of benzene rings is 2. The Kier molecular flexibility index (Phi) is 3.84. The van der Waals surface area contributed by atoms with E-state index >= 15 is 0 Å². The maximum absolute atomic E-state index is 14.5. The molecule has 5 nitrogen and oxygen atoms in total. The quantitative estimate of drug-likeness (QED) is 0.482. The minimum Gasteiger partial charge on any atom is -0.310 e. The lowest BCUT2D eigenvalue weighted by atomic mass is 9.87. The van der Waals surface area contributed by atoms with Crippen LogP contribution in [0.25, 0.3) is 15.3 Å². The number of nitrogens with zero attached hydrogens (tertiary/aromatic N) is 3. The number of carbonyl (C=O) groups excluding carboxylic acids is 1. The van der Waals surface area contributed by atoms with Crippen LogP contribution in [-0.4, -0.2) is 20.7 Å². The zero-order valence-corrected chi connectivity index (χ0v) is 16.2. The van der Waals surface area contributed by atoms with Crippen molar-refractivity contribution in [1.82, 2.24) is 14.8 Å². The fourth-order valence-electron chi connectivity index (χ4n) is 3.37. The second kappa shape index (κ2) is 6.24. The van der Waals surface area contributed by atoms with Gasteiger partial charge >= 0.3 is 0 Å². The van der Waals surface area contributed by atoms with Crippen molar-refractivity contribution in [2.75, 3.05) is 5.32 Å². The summed E-state index contributed by atoms with van der Waals surface area (Å²) in [5, 5.41) is 7.98. The monoisotopic (exact) mass is 442 g/mol. The van der Waals surface area contributed by atoms with E-state index < -0.39 is 5.92 Å². The molecule has 0 saturated carbocycles. The summed E-state index contributed by atoms with van der Waals surface area (Å²) in [4.78, 5) is 17.0. The predicted octanol–water partition coefficient (Wildman–Crippen LogP) is 4.86. The molecule has 1 aliphatic rings. The first kappa shape index (κ1) is 16.6. The number of thiazole rings is 1. The van der Waals surface area contributed by atoms with Crippen molar-refractivity contribution in [3.63, 3.8) is 0 Å². The number of nitrogens with one attached hydrogen (secondary N) is 1. The number of para-hydroxylation sites is 1. The summed E-state index contributed by atoms with van der Waals surface area (Å²) in [6.45, 7) is 0. The SMILES string of the molecule is O=C1C[C@@H](c2cc(Br)ccc2F)c2cnn(-c3nc4ccccc4s3)c2N1. The van der Waals surface area contributed by atoms with Gasteiger partial charge in [0.1, 0.15) is 11.6 Å². The van der Waals surface area contributed by atoms with Crippen molar-refractivity contribution in [2.24, 2.45) is 0 Å². The van der Waals surface area contributed by atoms with E-state index in [0.29, 0.717) is 16.5 Å². The van der Waals surface area contributed by atoms with Crippen molar-refractivity contribution in [2.45, 2.75) is 12.3 Å². The molecule has 0 unspecified atom stereocenters. The van der Waals surface area contributed by atoms with Crippen LogP contribution in [0.2, 0.25) is 0 Å². The Balaban J connectivity index is 1.66. The second-order valence-electron chi connectivity index (χ2n) is 6.30. The molecule has 1 atom stereocenters. The summed E-state index contributed by atoms with van der Waals surface area (Å²) >= 11 is 4.87. The molecular weight excluding hydrogens is 431 g/mol. The van der Waals surface area contributed by atoms with Crippen molar-refractivity contribution in [3.8, 4) is 5.13 Å². The third-order valence-electron chi connectivity index (χ3n) is 4.62. The Bertz CT molecular complexity index is 1170. The fourth-order valence-corrected chi connectivity index (χ4v) is 4.68. The largest absolute Gasteiger partial charge is 0.310 e. The molecule has 8 heteroatoms. The van der Waals surface area contributed by atoms with E-state index in [0.717, 1.165) is 20.3 Å². The molecule has 0 bridgehead atoms. The van der Waals surface area contributed by atoms with Crippen LogP contribution in [0.15, 0.2) is 53.1 Å². The van der Waals surface area contributed by atoms with Crippen LogP contribution in [-0.2, 0) is 4.79 Å². The summed E-state index contributed by atoms with van der Waals surface area (Å²) in [5.41, 5.74) is 2.13. The molecule has 134 valence electrons. The third kappa shape index (κ3) is 2.76. The smallest absolute Gasteiger partial charge is 0.226 e. The standard InChI is InChI=1S/C19H12BrFN4OS/c20-10-5-6-14(21)12(7-10)11-8-17(26)24-18-13(11)9-22-25(18)19-23-15-3-1-2-4-16(15)27-19/h1-7,9,11H,8H2,(H,24,26)/t11-/m0/s1. The van der Waals surface area contributed by atoms with Gasteiger partial charge in [0.2, 0.25) is 11.0 Å². The Morgan fingerprint density at radius 1 is 1.22 bits per heavy atom. The highest BCUT2D eigenvalue weighted by molar-refractivity contribution is 9.10. The molecule has 0 fully saturated rings. The van der Waals surface area contributed by atoms with Gasteiger partial charge in [-0.3, -0.25) is 4.79 Å². The van der Waals surface area contributed by atoms with E-state index in [1.54, 1.807) is 23.0 Å². The van der Waals surface area contributed by atoms with Crippen molar-refractivity contribution < 1.29 is 9.18 Å². The van der Waals surface area contributed by atoms with E-state index in [-0.39, 0.29) is 18.1 Å². The average molecular weight is 443 g/mol. The van der Waals surface area contributed by atoms with Gasteiger partial charge in [-0.05, 0) is 35.9 Å². The number of halogens is 2. The highest BCUT2D eigenvalue weighted by atomic mass is 79.9. The Hall–Kier alpha value is -2.58. The van der Waals surface area contributed by atoms with E-state index in [2.05, 4.69) is 31.3 Å². The first-order chi connectivity index (χ1) is 13.1. The molecular formula is C19H12BrFN4OS. The molecule has 4 aromatic rings. The van der Waals surface area contributed by atoms with Gasteiger partial charge in [0, 0.05) is 22.4 Å². The summed E-state index contributed by atoms with van der Waals surface area (Å²) < 4.78 is 17.9. The zero-order chi connectivity index (χ0) is 18.5. The van der Waals surface area contributed by atoms with Gasteiger partial charge < -0.3 is 5.32 Å². The first-order valence-electron chi connectivity index (χ1n) is 8.29. The van der Waals surface area contributed by atoms with Gasteiger partial charge in [-0.25, -0.2) is 9.37 Å². The van der Waals surface area contributed by atoms with Crippen LogP contribution in [0.3, 0.4) is 0 Å². The van der Waals surface area contributed by atoms with Gasteiger partial charge in [-0.1, -0.05) is 39.4 Å². The lowest BCUT2D eigenvalue weighted by molar-refractivity contribution is -0.116. The maximum atomic E-state index is 14.5. The molecule has 2 aromatic heterocycles. The molecule has 0 radical (unpaired) electrons. The van der Waals surface area contributed by atoms with Crippen LogP contribution in [0, 0.1) is 5.82 Å². The molecule has 3 heterocycles. The number of anilines is 1. The Morgan fingerprint density at radius 3 is 2.93 bits per heavy atom. The minimum atomic E-state index is -0.394. The summed E-state index contributed by atoms with van der Waals surface area (Å²) in [7, 11) is 0. The molecule has 5 rings (SSSR count). The van der Waals surface area contributed by atoms with Gasteiger partial charge in [-0.2, -0.15) is 9.78 Å². The van der Waals surface area contributed by atoms with Crippen molar-refractivity contribution >= 4 is 49.2 Å². The molecule has 0 spiro atoms. The molecule has 1 amide bonds. The topological polar surface area (TPSA) is 59.8 Å². The molecule has 27 heavy (non-hydrogen) atoms. The summed E-state index contributed by atoms with van der Waals surface area (Å²) in [5.74, 6) is -0.351. The number of carbonyl (C=O) groups is 1. The number of amides is 1. The maximum Gasteiger partial charge on any atom is 0.226 e. The van der Waals surface area contributed by atoms with Gasteiger partial charge in [0.15, 0.2) is 0 Å². The van der Waals surface area contributed by atoms with Crippen LogP contribution < -0.4 is 5.32 Å². The normalized spacial score (nSPS) is 16.4. The van der Waals surface area contributed by atoms with Gasteiger partial charge in [0.25, 0.3) is 0 Å². The summed E-state index contributed by atoms with van der Waals surface area (Å²) in [6.07, 6.45) is 1.86. The highest BCUT2D eigenvalue weighted by Crippen LogP contribution is 2.40. The van der Waals surface area contributed by atoms with Crippen molar-refractivity contribution in [3.05, 3.63) is 70.1 Å². The van der Waals surface area contributed by atoms with E-state index in [4.69, 9.17) is 0 Å². The van der Waals surface area contributed by atoms with Crippen molar-refractivity contribution in [1.29, 1.82) is 0 Å². The highest BCUT2D eigenvalue weighted by Gasteiger charge is 2.32. The Morgan fingerprint density at radius 2 is 2.07 bits per heavy atom. The summed E-state index contributed by atoms with van der Waals surface area (Å²) in [6, 6.07) is 12.6. The molecule has 1 aliphatic heterocycles. The van der Waals surface area contributed by atoms with Gasteiger partial charge in [-0.15, -0.1) is 0 Å². The molecule has 0 aliphatic carbocycles. The lowest BCUT2D eigenvalue weighted by Crippen LogP contribution is -2.25. The first-order valence-corrected chi connectivity index (χ1v) is 9.90. The van der Waals surface area contributed by atoms with Crippen LogP contribution in [0.5, 0.6) is 0 Å². The zero-order valence-electron chi connectivity index (χ0n) is 13.8. The number of aromatic nitrogens is 3. The van der Waals surface area contributed by atoms with E-state index in [1.165, 1.54) is 17.4 Å². The van der Waals surface area contributed by atoms with E-state index in [9.17, 15) is 9.18 Å². The molecule has 2 aromatic carbocycles. The number of hydrogen-bond acceptors (Lipinski definition) is 4. The molecule has 1 N–H and O–H groups in total. The van der Waals surface area contributed by atoms with Crippen LogP contribution in [0.1, 0.15) is 23.5 Å². The number of fused-ring (bicyclic) bond motifs is 2. The number of hydrogen-bond donors (Lipinski definition) is 1. The predicted molar refractivity (Wildman–Crippen MR) is 106 cm³/mol. The lowest BCUT2D eigenvalue weighted by Gasteiger charge is -2.23.